The number of pyridine rings is 1. The Labute approximate surface area is 167 Å². The molecule has 0 bridgehead atoms. The zero-order chi connectivity index (χ0) is 20.5. The van der Waals surface area contributed by atoms with Crippen molar-refractivity contribution >= 4 is 11.6 Å². The fourth-order valence-corrected chi connectivity index (χ4v) is 3.41. The number of hydrogen-bond acceptors (Lipinski definition) is 5. The van der Waals surface area contributed by atoms with Gasteiger partial charge in [-0.2, -0.15) is 5.10 Å². The molecule has 0 saturated heterocycles. The Bertz CT molecular complexity index is 1270. The van der Waals surface area contributed by atoms with Crippen LogP contribution in [0.5, 0.6) is 0 Å². The average Bonchev–Trinajstić information content (AvgIpc) is 3.01. The zero-order valence-electron chi connectivity index (χ0n) is 16.4. The topological polar surface area (TPSA) is 78.5 Å². The summed E-state index contributed by atoms with van der Waals surface area (Å²) in [6.07, 6.45) is 0. The van der Waals surface area contributed by atoms with Crippen LogP contribution in [0.1, 0.15) is 33.1 Å². The van der Waals surface area contributed by atoms with Crippen LogP contribution in [0.2, 0.25) is 0 Å². The third-order valence-electron chi connectivity index (χ3n) is 4.78. The van der Waals surface area contributed by atoms with Crippen LogP contribution in [0.3, 0.4) is 0 Å². The molecule has 7 nitrogen and oxygen atoms in total. The third kappa shape index (κ3) is 3.42. The Balaban J connectivity index is 1.59. The fraction of sp³-hybridized carbons (Fsp3) is 0.182. The van der Waals surface area contributed by atoms with Crippen molar-refractivity contribution in [1.29, 1.82) is 0 Å². The van der Waals surface area contributed by atoms with Crippen LogP contribution in [0.4, 0.5) is 0 Å². The molecule has 0 aliphatic rings. The van der Waals surface area contributed by atoms with Crippen molar-refractivity contribution < 1.29 is 9.53 Å². The van der Waals surface area contributed by atoms with Gasteiger partial charge >= 0.3 is 5.97 Å². The Morgan fingerprint density at radius 3 is 2.55 bits per heavy atom. The standard InChI is InChI=1S/C22H20N4O3/c1-14-8-7-11-19-23-17(12-20(27)25(14)19)13-29-22(28)21-15(2)24-26(16(21)3)18-9-5-4-6-10-18/h4-12H,13H2,1-3H3. The number of rotatable bonds is 4. The van der Waals surface area contributed by atoms with Crippen LogP contribution < -0.4 is 5.56 Å². The van der Waals surface area contributed by atoms with E-state index in [-0.39, 0.29) is 12.2 Å². The van der Waals surface area contributed by atoms with Gasteiger partial charge in [-0.05, 0) is 45.0 Å². The zero-order valence-corrected chi connectivity index (χ0v) is 16.4. The van der Waals surface area contributed by atoms with Crippen molar-refractivity contribution in [3.8, 4) is 5.69 Å². The average molecular weight is 388 g/mol. The number of carbonyl (C=O) groups is 1. The molecule has 0 radical (unpaired) electrons. The fourth-order valence-electron chi connectivity index (χ4n) is 3.41. The van der Waals surface area contributed by atoms with Gasteiger partial charge in [0, 0.05) is 11.8 Å². The minimum Gasteiger partial charge on any atom is -0.455 e. The number of benzene rings is 1. The van der Waals surface area contributed by atoms with E-state index in [9.17, 15) is 9.59 Å². The van der Waals surface area contributed by atoms with E-state index in [1.807, 2.05) is 56.3 Å². The first-order chi connectivity index (χ1) is 14.0. The highest BCUT2D eigenvalue weighted by molar-refractivity contribution is 5.92. The second kappa shape index (κ2) is 7.35. The summed E-state index contributed by atoms with van der Waals surface area (Å²) in [6.45, 7) is 5.35. The van der Waals surface area contributed by atoms with Crippen LogP contribution in [0, 0.1) is 20.8 Å². The maximum atomic E-state index is 12.7. The second-order valence-electron chi connectivity index (χ2n) is 6.82. The van der Waals surface area contributed by atoms with E-state index in [4.69, 9.17) is 4.74 Å². The van der Waals surface area contributed by atoms with Crippen molar-refractivity contribution in [2.45, 2.75) is 27.4 Å². The minimum absolute atomic E-state index is 0.0894. The highest BCUT2D eigenvalue weighted by Gasteiger charge is 2.21. The van der Waals surface area contributed by atoms with Gasteiger partial charge in [0.15, 0.2) is 0 Å². The smallest absolute Gasteiger partial charge is 0.342 e. The molecule has 1 aromatic carbocycles. The summed E-state index contributed by atoms with van der Waals surface area (Å²) in [5.74, 6) is -0.492. The van der Waals surface area contributed by atoms with Crippen molar-refractivity contribution in [2.75, 3.05) is 0 Å². The quantitative estimate of drug-likeness (QED) is 0.502. The molecule has 7 heteroatoms. The lowest BCUT2D eigenvalue weighted by Gasteiger charge is -2.08. The van der Waals surface area contributed by atoms with Gasteiger partial charge in [0.05, 0.1) is 22.8 Å². The molecule has 146 valence electrons. The van der Waals surface area contributed by atoms with Gasteiger partial charge < -0.3 is 4.74 Å². The summed E-state index contributed by atoms with van der Waals surface area (Å²) < 4.78 is 8.69. The van der Waals surface area contributed by atoms with Gasteiger partial charge in [0.2, 0.25) is 0 Å². The molecule has 4 rings (SSSR count). The number of aromatic nitrogens is 4. The van der Waals surface area contributed by atoms with Gasteiger partial charge in [-0.25, -0.2) is 14.5 Å². The summed E-state index contributed by atoms with van der Waals surface area (Å²) in [7, 11) is 0. The van der Waals surface area contributed by atoms with Gasteiger partial charge in [-0.3, -0.25) is 9.20 Å². The number of nitrogens with zero attached hydrogens (tertiary/aromatic N) is 4. The number of esters is 1. The summed E-state index contributed by atoms with van der Waals surface area (Å²) >= 11 is 0. The van der Waals surface area contributed by atoms with E-state index in [2.05, 4.69) is 10.1 Å². The van der Waals surface area contributed by atoms with Crippen LogP contribution >= 0.6 is 0 Å². The molecular weight excluding hydrogens is 368 g/mol. The number of para-hydroxylation sites is 1. The predicted octanol–water partition coefficient (Wildman–Crippen LogP) is 3.16. The van der Waals surface area contributed by atoms with Gasteiger partial charge in [-0.15, -0.1) is 0 Å². The van der Waals surface area contributed by atoms with E-state index in [0.29, 0.717) is 28.3 Å². The van der Waals surface area contributed by atoms with E-state index in [0.717, 1.165) is 11.4 Å². The van der Waals surface area contributed by atoms with Crippen LogP contribution in [-0.4, -0.2) is 25.1 Å². The number of ether oxygens (including phenoxy) is 1. The van der Waals surface area contributed by atoms with Crippen molar-refractivity contribution in [2.24, 2.45) is 0 Å². The molecule has 0 amide bonds. The molecule has 0 N–H and O–H groups in total. The molecule has 0 aliphatic heterocycles. The molecule has 0 aliphatic carbocycles. The molecular formula is C22H20N4O3. The van der Waals surface area contributed by atoms with E-state index in [1.165, 1.54) is 10.5 Å². The molecule has 0 unspecified atom stereocenters. The maximum Gasteiger partial charge on any atom is 0.342 e. The summed E-state index contributed by atoms with van der Waals surface area (Å²) in [6, 6.07) is 16.4. The van der Waals surface area contributed by atoms with Gasteiger partial charge in [0.1, 0.15) is 17.8 Å². The lowest BCUT2D eigenvalue weighted by Crippen LogP contribution is -2.18. The third-order valence-corrected chi connectivity index (χ3v) is 4.78. The van der Waals surface area contributed by atoms with Crippen molar-refractivity contribution in [1.82, 2.24) is 19.2 Å². The van der Waals surface area contributed by atoms with E-state index in [1.54, 1.807) is 17.7 Å². The van der Waals surface area contributed by atoms with Crippen LogP contribution in [-0.2, 0) is 11.3 Å². The highest BCUT2D eigenvalue weighted by Crippen LogP contribution is 2.19. The SMILES string of the molecule is Cc1nn(-c2ccccc2)c(C)c1C(=O)OCc1cc(=O)n2c(C)cccc2n1. The van der Waals surface area contributed by atoms with Crippen LogP contribution in [0.25, 0.3) is 11.3 Å². The number of aryl methyl sites for hydroxylation is 2. The predicted molar refractivity (Wildman–Crippen MR) is 108 cm³/mol. The van der Waals surface area contributed by atoms with E-state index < -0.39 is 5.97 Å². The second-order valence-corrected chi connectivity index (χ2v) is 6.82. The normalized spacial score (nSPS) is 11.0. The van der Waals surface area contributed by atoms with Gasteiger partial charge in [-0.1, -0.05) is 24.3 Å². The first kappa shape index (κ1) is 18.6. The van der Waals surface area contributed by atoms with Crippen molar-refractivity contribution in [3.05, 3.63) is 93.3 Å². The number of fused-ring (bicyclic) bond motifs is 1. The lowest BCUT2D eigenvalue weighted by molar-refractivity contribution is 0.0466. The van der Waals surface area contributed by atoms with Gasteiger partial charge in [0.25, 0.3) is 5.56 Å². The molecule has 0 spiro atoms. The first-order valence-corrected chi connectivity index (χ1v) is 9.23. The summed E-state index contributed by atoms with van der Waals surface area (Å²) in [5.41, 5.74) is 4.08. The Morgan fingerprint density at radius 2 is 1.79 bits per heavy atom. The molecule has 3 heterocycles. The Kier molecular flexibility index (Phi) is 4.72. The van der Waals surface area contributed by atoms with Crippen molar-refractivity contribution in [3.63, 3.8) is 0 Å². The number of carbonyl (C=O) groups excluding carboxylic acids is 1. The first-order valence-electron chi connectivity index (χ1n) is 9.23. The highest BCUT2D eigenvalue weighted by atomic mass is 16.5. The molecule has 0 atom stereocenters. The van der Waals surface area contributed by atoms with E-state index >= 15 is 0 Å². The maximum absolute atomic E-state index is 12.7. The Morgan fingerprint density at radius 1 is 1.03 bits per heavy atom. The lowest BCUT2D eigenvalue weighted by atomic mass is 10.2. The number of hydrogen-bond donors (Lipinski definition) is 0. The Hall–Kier alpha value is -3.74. The largest absolute Gasteiger partial charge is 0.455 e. The minimum atomic E-state index is -0.492. The molecule has 0 fully saturated rings. The molecule has 3 aromatic heterocycles. The summed E-state index contributed by atoms with van der Waals surface area (Å²) in [5, 5.41) is 4.47. The summed E-state index contributed by atoms with van der Waals surface area (Å²) in [4.78, 5) is 29.5. The molecule has 0 saturated carbocycles. The van der Waals surface area contributed by atoms with Crippen LogP contribution in [0.15, 0.2) is 59.4 Å². The molecule has 4 aromatic rings. The molecule has 29 heavy (non-hydrogen) atoms. The monoisotopic (exact) mass is 388 g/mol.